The molecule has 26 heavy (non-hydrogen) atoms. The summed E-state index contributed by atoms with van der Waals surface area (Å²) in [5, 5.41) is 0. The molecule has 0 saturated carbocycles. The molecule has 142 valence electrons. The summed E-state index contributed by atoms with van der Waals surface area (Å²) in [4.78, 5) is 37.9. The summed E-state index contributed by atoms with van der Waals surface area (Å²) < 4.78 is 29.1. The molecule has 1 aromatic rings. The van der Waals surface area contributed by atoms with Crippen LogP contribution < -0.4 is 4.90 Å². The molecule has 0 aliphatic carbocycles. The Hall–Kier alpha value is -2.48. The van der Waals surface area contributed by atoms with Crippen LogP contribution in [-0.2, 0) is 28.6 Å². The average molecular weight is 367 g/mol. The molecule has 8 heteroatoms. The molecule has 2 atom stereocenters. The van der Waals surface area contributed by atoms with Crippen LogP contribution in [0.5, 0.6) is 0 Å². The maximum atomic E-state index is 13.5. The lowest BCUT2D eigenvalue weighted by Gasteiger charge is -2.35. The van der Waals surface area contributed by atoms with Crippen LogP contribution in [-0.4, -0.2) is 48.8 Å². The monoisotopic (exact) mass is 367 g/mol. The Labute approximate surface area is 151 Å². The lowest BCUT2D eigenvalue weighted by molar-refractivity contribution is -0.188. The van der Waals surface area contributed by atoms with Crippen molar-refractivity contribution in [2.24, 2.45) is 0 Å². The molecule has 1 aliphatic heterocycles. The molecule has 0 aromatic heterocycles. The number of amides is 1. The Morgan fingerprint density at radius 2 is 2.04 bits per heavy atom. The molecule has 1 aliphatic rings. The summed E-state index contributed by atoms with van der Waals surface area (Å²) in [5.74, 6) is -2.74. The first-order valence-corrected chi connectivity index (χ1v) is 8.17. The minimum absolute atomic E-state index is 0.0908. The van der Waals surface area contributed by atoms with Gasteiger partial charge in [-0.25, -0.2) is 9.18 Å². The topological polar surface area (TPSA) is 82.1 Å². The van der Waals surface area contributed by atoms with Gasteiger partial charge in [0.1, 0.15) is 11.4 Å². The zero-order valence-electron chi connectivity index (χ0n) is 15.2. The van der Waals surface area contributed by atoms with E-state index < -0.39 is 41.5 Å². The van der Waals surface area contributed by atoms with Crippen molar-refractivity contribution >= 4 is 23.5 Å². The first-order valence-electron chi connectivity index (χ1n) is 8.17. The fourth-order valence-corrected chi connectivity index (χ4v) is 2.50. The molecule has 7 nitrogen and oxygen atoms in total. The van der Waals surface area contributed by atoms with Crippen molar-refractivity contribution in [1.82, 2.24) is 0 Å². The van der Waals surface area contributed by atoms with Crippen LogP contribution in [0.4, 0.5) is 10.1 Å². The largest absolute Gasteiger partial charge is 0.457 e. The van der Waals surface area contributed by atoms with E-state index in [0.29, 0.717) is 5.69 Å². The lowest BCUT2D eigenvalue weighted by Crippen LogP contribution is -2.56. The highest BCUT2D eigenvalue weighted by Crippen LogP contribution is 2.23. The third kappa shape index (κ3) is 5.01. The highest BCUT2D eigenvalue weighted by molar-refractivity contribution is 6.00. The van der Waals surface area contributed by atoms with Gasteiger partial charge in [0.2, 0.25) is 6.10 Å². The van der Waals surface area contributed by atoms with E-state index in [9.17, 15) is 18.8 Å². The molecular formula is C18H22FNO6. The Kier molecular flexibility index (Phi) is 5.97. The number of rotatable bonds is 4. The molecule has 1 fully saturated rings. The van der Waals surface area contributed by atoms with Crippen LogP contribution in [0, 0.1) is 5.82 Å². The van der Waals surface area contributed by atoms with Gasteiger partial charge >= 0.3 is 11.9 Å². The summed E-state index contributed by atoms with van der Waals surface area (Å²) in [6, 6.07) is 5.50. The third-order valence-electron chi connectivity index (χ3n) is 3.45. The molecule has 1 saturated heterocycles. The summed E-state index contributed by atoms with van der Waals surface area (Å²) in [5.41, 5.74) is -0.510. The van der Waals surface area contributed by atoms with E-state index in [1.165, 1.54) is 23.1 Å². The Morgan fingerprint density at radius 1 is 1.35 bits per heavy atom. The summed E-state index contributed by atoms with van der Waals surface area (Å²) in [6.45, 7) is 6.34. The number of carbonyl (C=O) groups excluding carboxylic acids is 3. The van der Waals surface area contributed by atoms with E-state index in [-0.39, 0.29) is 13.2 Å². The molecule has 0 spiro atoms. The molecular weight excluding hydrogens is 345 g/mol. The quantitative estimate of drug-likeness (QED) is 0.755. The minimum Gasteiger partial charge on any atom is -0.457 e. The van der Waals surface area contributed by atoms with Gasteiger partial charge in [-0.05, 0) is 39.0 Å². The van der Waals surface area contributed by atoms with E-state index in [4.69, 9.17) is 14.2 Å². The van der Waals surface area contributed by atoms with Gasteiger partial charge in [0.15, 0.2) is 6.10 Å². The number of benzene rings is 1. The van der Waals surface area contributed by atoms with Crippen LogP contribution >= 0.6 is 0 Å². The number of ether oxygens (including phenoxy) is 3. The molecule has 1 amide bonds. The van der Waals surface area contributed by atoms with Crippen molar-refractivity contribution < 1.29 is 33.0 Å². The maximum absolute atomic E-state index is 13.5. The second-order valence-corrected chi connectivity index (χ2v) is 6.82. The zero-order chi connectivity index (χ0) is 19.5. The standard InChI is InChI=1S/C18H22FNO6/c1-11(21)25-15(17(23)26-18(2,3)4)14-16(22)20(8-9-24-14)13-7-5-6-12(19)10-13/h5-7,10,14-15H,8-9H2,1-4H3/t14-,15-/m1/s1. The second-order valence-electron chi connectivity index (χ2n) is 6.82. The van der Waals surface area contributed by atoms with Crippen LogP contribution in [0.2, 0.25) is 0 Å². The average Bonchev–Trinajstić information content (AvgIpc) is 2.51. The van der Waals surface area contributed by atoms with Crippen molar-refractivity contribution in [3.63, 3.8) is 0 Å². The summed E-state index contributed by atoms with van der Waals surface area (Å²) in [6.07, 6.45) is -2.92. The number of esters is 2. The highest BCUT2D eigenvalue weighted by atomic mass is 19.1. The van der Waals surface area contributed by atoms with Gasteiger partial charge in [-0.1, -0.05) is 6.07 Å². The lowest BCUT2D eigenvalue weighted by atomic mass is 10.1. The van der Waals surface area contributed by atoms with Crippen molar-refractivity contribution in [1.29, 1.82) is 0 Å². The van der Waals surface area contributed by atoms with Gasteiger partial charge in [0, 0.05) is 19.2 Å². The minimum atomic E-state index is -1.55. The molecule has 0 bridgehead atoms. The number of hydrogen-bond donors (Lipinski definition) is 0. The van der Waals surface area contributed by atoms with E-state index in [0.717, 1.165) is 6.92 Å². The van der Waals surface area contributed by atoms with Crippen LogP contribution in [0.15, 0.2) is 24.3 Å². The van der Waals surface area contributed by atoms with E-state index >= 15 is 0 Å². The number of morpholine rings is 1. The van der Waals surface area contributed by atoms with Gasteiger partial charge in [-0.15, -0.1) is 0 Å². The van der Waals surface area contributed by atoms with Crippen LogP contribution in [0.1, 0.15) is 27.7 Å². The van der Waals surface area contributed by atoms with E-state index in [2.05, 4.69) is 0 Å². The molecule has 2 rings (SSSR count). The predicted octanol–water partition coefficient (Wildman–Crippen LogP) is 1.83. The maximum Gasteiger partial charge on any atom is 0.351 e. The smallest absolute Gasteiger partial charge is 0.351 e. The highest BCUT2D eigenvalue weighted by Gasteiger charge is 2.44. The summed E-state index contributed by atoms with van der Waals surface area (Å²) in [7, 11) is 0. The van der Waals surface area contributed by atoms with Crippen molar-refractivity contribution in [3.05, 3.63) is 30.1 Å². The number of anilines is 1. The van der Waals surface area contributed by atoms with Gasteiger partial charge < -0.3 is 19.1 Å². The fraction of sp³-hybridized carbons (Fsp3) is 0.500. The Balaban J connectivity index is 2.27. The molecule has 0 radical (unpaired) electrons. The van der Waals surface area contributed by atoms with Gasteiger partial charge in [-0.2, -0.15) is 0 Å². The third-order valence-corrected chi connectivity index (χ3v) is 3.45. The predicted molar refractivity (Wildman–Crippen MR) is 89.9 cm³/mol. The number of halogens is 1. The van der Waals surface area contributed by atoms with Gasteiger partial charge in [-0.3, -0.25) is 9.59 Å². The first kappa shape index (κ1) is 19.8. The van der Waals surface area contributed by atoms with Crippen molar-refractivity contribution in [2.75, 3.05) is 18.1 Å². The van der Waals surface area contributed by atoms with E-state index in [1.807, 2.05) is 0 Å². The Morgan fingerprint density at radius 3 is 2.62 bits per heavy atom. The molecule has 1 aromatic carbocycles. The fourth-order valence-electron chi connectivity index (χ4n) is 2.50. The number of carbonyl (C=O) groups is 3. The number of hydrogen-bond acceptors (Lipinski definition) is 6. The van der Waals surface area contributed by atoms with E-state index in [1.54, 1.807) is 26.8 Å². The number of nitrogens with zero attached hydrogens (tertiary/aromatic N) is 1. The molecule has 0 N–H and O–H groups in total. The normalized spacial score (nSPS) is 19.0. The molecule has 0 unspecified atom stereocenters. The second kappa shape index (κ2) is 7.82. The SMILES string of the molecule is CC(=O)O[C@@H](C(=O)OC(C)(C)C)[C@H]1OCCN(c2cccc(F)c2)C1=O. The Bertz CT molecular complexity index is 699. The van der Waals surface area contributed by atoms with Crippen molar-refractivity contribution in [2.45, 2.75) is 45.5 Å². The molecule has 1 heterocycles. The zero-order valence-corrected chi connectivity index (χ0v) is 15.2. The van der Waals surface area contributed by atoms with Crippen LogP contribution in [0.25, 0.3) is 0 Å². The first-order chi connectivity index (χ1) is 12.1. The van der Waals surface area contributed by atoms with Gasteiger partial charge in [0.05, 0.1) is 6.61 Å². The van der Waals surface area contributed by atoms with Crippen LogP contribution in [0.3, 0.4) is 0 Å². The van der Waals surface area contributed by atoms with Crippen molar-refractivity contribution in [3.8, 4) is 0 Å². The van der Waals surface area contributed by atoms with Gasteiger partial charge in [0.25, 0.3) is 5.91 Å². The summed E-state index contributed by atoms with van der Waals surface area (Å²) >= 11 is 0.